The molecule has 1 aromatic carbocycles. The predicted molar refractivity (Wildman–Crippen MR) is 68.2 cm³/mol. The number of aromatic nitrogens is 2. The molecule has 2 nitrogen and oxygen atoms in total. The Bertz CT molecular complexity index is 639. The van der Waals surface area contributed by atoms with Crippen LogP contribution in [0, 0.1) is 0 Å². The van der Waals surface area contributed by atoms with Gasteiger partial charge in [0.05, 0.1) is 5.52 Å². The lowest BCUT2D eigenvalue weighted by Gasteiger charge is -2.03. The van der Waals surface area contributed by atoms with E-state index in [0.717, 1.165) is 11.3 Å². The van der Waals surface area contributed by atoms with E-state index < -0.39 is 0 Å². The third-order valence-electron chi connectivity index (χ3n) is 2.82. The minimum absolute atomic E-state index is 0.983. The molecule has 0 N–H and O–H groups in total. The van der Waals surface area contributed by atoms with E-state index in [1.807, 2.05) is 25.3 Å². The number of benzene rings is 1. The van der Waals surface area contributed by atoms with E-state index in [2.05, 4.69) is 40.4 Å². The van der Waals surface area contributed by atoms with Gasteiger partial charge >= 0.3 is 0 Å². The van der Waals surface area contributed by atoms with Crippen molar-refractivity contribution in [2.75, 3.05) is 0 Å². The summed E-state index contributed by atoms with van der Waals surface area (Å²) >= 11 is 0. The second kappa shape index (κ2) is 3.20. The molecule has 2 heteroatoms. The average molecular weight is 208 g/mol. The molecule has 0 amide bonds. The molecule has 0 fully saturated rings. The maximum atomic E-state index is 4.44. The van der Waals surface area contributed by atoms with Crippen molar-refractivity contribution in [3.05, 3.63) is 49.2 Å². The molecule has 3 rings (SSSR count). The molecule has 0 spiro atoms. The number of allylic oxidation sites excluding steroid dienone is 1. The monoisotopic (exact) mass is 208 g/mol. The van der Waals surface area contributed by atoms with Crippen LogP contribution >= 0.6 is 0 Å². The van der Waals surface area contributed by atoms with Crippen LogP contribution in [0.25, 0.3) is 27.6 Å². The largest absolute Gasteiger partial charge is 0.299 e. The fourth-order valence-electron chi connectivity index (χ4n) is 2.18. The number of hydrogen-bond acceptors (Lipinski definition) is 1. The molecule has 78 valence electrons. The maximum absolute atomic E-state index is 4.44. The minimum Gasteiger partial charge on any atom is -0.299 e. The van der Waals surface area contributed by atoms with Crippen molar-refractivity contribution in [2.45, 2.75) is 6.92 Å². The molecule has 0 bridgehead atoms. The first kappa shape index (κ1) is 9.16. The highest BCUT2D eigenvalue weighted by Gasteiger charge is 2.10. The summed E-state index contributed by atoms with van der Waals surface area (Å²) in [5.74, 6) is 0. The van der Waals surface area contributed by atoms with Crippen molar-refractivity contribution < 1.29 is 0 Å². The standard InChI is InChI=1S/C14H12N2/c1-10(2)16-13-8-4-3-6-11(13)12-7-5-9-15-14(12)16/h3-9H,1H2,2H3. The molecule has 0 aliphatic rings. The van der Waals surface area contributed by atoms with Crippen molar-refractivity contribution in [1.82, 2.24) is 9.55 Å². The zero-order valence-electron chi connectivity index (χ0n) is 9.14. The summed E-state index contributed by atoms with van der Waals surface area (Å²) in [6.45, 7) is 6.02. The molecule has 0 radical (unpaired) electrons. The lowest BCUT2D eigenvalue weighted by Crippen LogP contribution is -1.92. The van der Waals surface area contributed by atoms with Crippen LogP contribution in [0.5, 0.6) is 0 Å². The fraction of sp³-hybridized carbons (Fsp3) is 0.0714. The lowest BCUT2D eigenvalue weighted by molar-refractivity contribution is 1.16. The predicted octanol–water partition coefficient (Wildman–Crippen LogP) is 3.68. The van der Waals surface area contributed by atoms with Gasteiger partial charge in [-0.25, -0.2) is 4.98 Å². The van der Waals surface area contributed by atoms with Gasteiger partial charge in [0.15, 0.2) is 0 Å². The fourth-order valence-corrected chi connectivity index (χ4v) is 2.18. The van der Waals surface area contributed by atoms with Crippen molar-refractivity contribution >= 4 is 27.6 Å². The highest BCUT2D eigenvalue weighted by atomic mass is 15.0. The molecule has 2 heterocycles. The van der Waals surface area contributed by atoms with Crippen molar-refractivity contribution in [2.24, 2.45) is 0 Å². The van der Waals surface area contributed by atoms with Crippen LogP contribution in [-0.2, 0) is 0 Å². The van der Waals surface area contributed by atoms with Crippen LogP contribution in [0.4, 0.5) is 0 Å². The number of nitrogens with zero attached hydrogens (tertiary/aromatic N) is 2. The second-order valence-corrected chi connectivity index (χ2v) is 3.96. The Hall–Kier alpha value is -2.09. The highest BCUT2D eigenvalue weighted by Crippen LogP contribution is 2.29. The summed E-state index contributed by atoms with van der Waals surface area (Å²) < 4.78 is 2.10. The van der Waals surface area contributed by atoms with Crippen LogP contribution in [0.1, 0.15) is 6.92 Å². The molecule has 0 atom stereocenters. The Labute approximate surface area is 93.8 Å². The first-order valence-corrected chi connectivity index (χ1v) is 5.29. The minimum atomic E-state index is 0.983. The van der Waals surface area contributed by atoms with Crippen LogP contribution in [0.2, 0.25) is 0 Å². The summed E-state index contributed by atoms with van der Waals surface area (Å²) in [6, 6.07) is 12.4. The van der Waals surface area contributed by atoms with E-state index in [9.17, 15) is 0 Å². The van der Waals surface area contributed by atoms with Gasteiger partial charge in [0.25, 0.3) is 0 Å². The SMILES string of the molecule is C=C(C)n1c2ccccc2c2cccnc21. The molecule has 2 aromatic heterocycles. The normalized spacial score (nSPS) is 11.1. The number of pyridine rings is 1. The Morgan fingerprint density at radius 1 is 1.12 bits per heavy atom. The lowest BCUT2D eigenvalue weighted by atomic mass is 10.2. The van der Waals surface area contributed by atoms with Gasteiger partial charge in [-0.05, 0) is 25.1 Å². The third kappa shape index (κ3) is 1.10. The molecule has 0 unspecified atom stereocenters. The van der Waals surface area contributed by atoms with Crippen molar-refractivity contribution in [3.8, 4) is 0 Å². The smallest absolute Gasteiger partial charge is 0.145 e. The summed E-state index contributed by atoms with van der Waals surface area (Å²) in [5.41, 5.74) is 3.14. The quantitative estimate of drug-likeness (QED) is 0.596. The first-order chi connectivity index (χ1) is 7.79. The van der Waals surface area contributed by atoms with Crippen molar-refractivity contribution in [3.63, 3.8) is 0 Å². The molecular weight excluding hydrogens is 196 g/mol. The topological polar surface area (TPSA) is 17.8 Å². The van der Waals surface area contributed by atoms with E-state index in [1.165, 1.54) is 16.3 Å². The average Bonchev–Trinajstić information content (AvgIpc) is 2.63. The van der Waals surface area contributed by atoms with Gasteiger partial charge in [-0.3, -0.25) is 4.57 Å². The summed E-state index contributed by atoms with van der Waals surface area (Å²) in [4.78, 5) is 4.44. The molecule has 0 saturated heterocycles. The molecule has 0 saturated carbocycles. The number of hydrogen-bond donors (Lipinski definition) is 0. The van der Waals surface area contributed by atoms with Gasteiger partial charge in [-0.15, -0.1) is 0 Å². The molecular formula is C14H12N2. The Balaban J connectivity index is 2.64. The van der Waals surface area contributed by atoms with Crippen LogP contribution in [0.15, 0.2) is 49.2 Å². The van der Waals surface area contributed by atoms with E-state index in [-0.39, 0.29) is 0 Å². The van der Waals surface area contributed by atoms with Crippen LogP contribution < -0.4 is 0 Å². The zero-order chi connectivity index (χ0) is 11.1. The molecule has 3 aromatic rings. The van der Waals surface area contributed by atoms with Gasteiger partial charge < -0.3 is 0 Å². The maximum Gasteiger partial charge on any atom is 0.145 e. The highest BCUT2D eigenvalue weighted by molar-refractivity contribution is 6.08. The van der Waals surface area contributed by atoms with E-state index in [4.69, 9.17) is 0 Å². The van der Waals surface area contributed by atoms with Gasteiger partial charge in [0.1, 0.15) is 5.65 Å². The first-order valence-electron chi connectivity index (χ1n) is 5.29. The van der Waals surface area contributed by atoms with Gasteiger partial charge in [0, 0.05) is 22.7 Å². The molecule has 0 aliphatic carbocycles. The summed E-state index contributed by atoms with van der Waals surface area (Å²) in [5, 5.41) is 2.41. The Morgan fingerprint density at radius 3 is 2.69 bits per heavy atom. The summed E-state index contributed by atoms with van der Waals surface area (Å²) in [6.07, 6.45) is 1.82. The van der Waals surface area contributed by atoms with E-state index in [1.54, 1.807) is 0 Å². The second-order valence-electron chi connectivity index (χ2n) is 3.96. The van der Waals surface area contributed by atoms with Crippen molar-refractivity contribution in [1.29, 1.82) is 0 Å². The number of para-hydroxylation sites is 1. The summed E-state index contributed by atoms with van der Waals surface area (Å²) in [7, 11) is 0. The van der Waals surface area contributed by atoms with E-state index >= 15 is 0 Å². The van der Waals surface area contributed by atoms with E-state index in [0.29, 0.717) is 0 Å². The van der Waals surface area contributed by atoms with Crippen LogP contribution in [-0.4, -0.2) is 9.55 Å². The number of fused-ring (bicyclic) bond motifs is 3. The van der Waals surface area contributed by atoms with Gasteiger partial charge in [-0.1, -0.05) is 24.8 Å². The Morgan fingerprint density at radius 2 is 1.88 bits per heavy atom. The van der Waals surface area contributed by atoms with Gasteiger partial charge in [-0.2, -0.15) is 0 Å². The third-order valence-corrected chi connectivity index (χ3v) is 2.82. The molecule has 16 heavy (non-hydrogen) atoms. The van der Waals surface area contributed by atoms with Crippen LogP contribution in [0.3, 0.4) is 0 Å². The van der Waals surface area contributed by atoms with Gasteiger partial charge in [0.2, 0.25) is 0 Å². The zero-order valence-corrected chi connectivity index (χ0v) is 9.14. The Kier molecular flexibility index (Phi) is 1.83. The number of rotatable bonds is 1. The molecule has 0 aliphatic heterocycles.